The van der Waals surface area contributed by atoms with Crippen LogP contribution in [0.5, 0.6) is 0 Å². The molecule has 116 valence electrons. The molecular formula is C17H11BrClNO3. The van der Waals surface area contributed by atoms with Crippen molar-refractivity contribution in [3.63, 3.8) is 0 Å². The molecule has 2 N–H and O–H groups in total. The number of aliphatic hydroxyl groups is 1. The van der Waals surface area contributed by atoms with E-state index in [1.165, 1.54) is 0 Å². The maximum atomic E-state index is 12.2. The third kappa shape index (κ3) is 2.90. The molecule has 2 aromatic rings. The number of hydrogen-bond donors (Lipinski definition) is 2. The third-order valence-electron chi connectivity index (χ3n) is 3.60. The minimum atomic E-state index is -0.771. The second-order valence-electron chi connectivity index (χ2n) is 5.03. The third-order valence-corrected chi connectivity index (χ3v) is 4.48. The van der Waals surface area contributed by atoms with E-state index in [0.717, 1.165) is 4.47 Å². The Morgan fingerprint density at radius 2 is 1.74 bits per heavy atom. The number of Topliss-reactive ketones (excluding diaryl/α,β-unsaturated/α-hetero) is 1. The standard InChI is InChI=1S/C17H11BrClNO3/c18-10-7-5-9(6-8-10)15(21)13-14(20-17(23)16(13)22)11-3-1-2-4-12(11)19/h1-8,14,21H,(H,20,23). The van der Waals surface area contributed by atoms with Gasteiger partial charge >= 0.3 is 0 Å². The van der Waals surface area contributed by atoms with Crippen LogP contribution in [-0.2, 0) is 9.59 Å². The van der Waals surface area contributed by atoms with E-state index in [1.807, 2.05) is 0 Å². The van der Waals surface area contributed by atoms with Gasteiger partial charge in [0.25, 0.3) is 11.7 Å². The van der Waals surface area contributed by atoms with Gasteiger partial charge in [0.05, 0.1) is 11.6 Å². The molecule has 0 aliphatic carbocycles. The Morgan fingerprint density at radius 3 is 2.39 bits per heavy atom. The maximum absolute atomic E-state index is 12.2. The molecule has 0 saturated carbocycles. The van der Waals surface area contributed by atoms with Crippen LogP contribution in [0.15, 0.2) is 58.6 Å². The number of nitrogens with one attached hydrogen (secondary N) is 1. The molecule has 0 radical (unpaired) electrons. The Bertz CT molecular complexity index is 830. The Hall–Kier alpha value is -2.11. The normalized spacial score (nSPS) is 19.7. The molecular weight excluding hydrogens is 382 g/mol. The van der Waals surface area contributed by atoms with Crippen LogP contribution in [0.2, 0.25) is 5.02 Å². The molecule has 1 aliphatic rings. The SMILES string of the molecule is O=C1NC(c2ccccc2Cl)C(=C(O)c2ccc(Br)cc2)C1=O. The van der Waals surface area contributed by atoms with Crippen LogP contribution < -0.4 is 5.32 Å². The first-order valence-corrected chi connectivity index (χ1v) is 7.95. The van der Waals surface area contributed by atoms with Crippen LogP contribution in [0.3, 0.4) is 0 Å². The van der Waals surface area contributed by atoms with Crippen molar-refractivity contribution in [1.29, 1.82) is 0 Å². The highest BCUT2D eigenvalue weighted by molar-refractivity contribution is 9.10. The van der Waals surface area contributed by atoms with E-state index in [0.29, 0.717) is 16.1 Å². The molecule has 1 fully saturated rings. The first-order valence-electron chi connectivity index (χ1n) is 6.77. The van der Waals surface area contributed by atoms with Gasteiger partial charge in [0.2, 0.25) is 0 Å². The largest absolute Gasteiger partial charge is 0.507 e. The van der Waals surface area contributed by atoms with E-state index in [-0.39, 0.29) is 11.3 Å². The van der Waals surface area contributed by atoms with Gasteiger partial charge in [-0.2, -0.15) is 0 Å². The second-order valence-corrected chi connectivity index (χ2v) is 6.35. The zero-order chi connectivity index (χ0) is 16.6. The lowest BCUT2D eigenvalue weighted by atomic mass is 9.96. The molecule has 0 spiro atoms. The molecule has 1 aliphatic heterocycles. The average molecular weight is 393 g/mol. The molecule has 2 aromatic carbocycles. The van der Waals surface area contributed by atoms with E-state index in [1.54, 1.807) is 48.5 Å². The molecule has 1 heterocycles. The summed E-state index contributed by atoms with van der Waals surface area (Å²) in [6, 6.07) is 12.9. The van der Waals surface area contributed by atoms with Crippen LogP contribution in [-0.4, -0.2) is 16.8 Å². The Morgan fingerprint density at radius 1 is 1.09 bits per heavy atom. The molecule has 1 unspecified atom stereocenters. The summed E-state index contributed by atoms with van der Waals surface area (Å²) in [4.78, 5) is 24.0. The minimum absolute atomic E-state index is 0.00502. The van der Waals surface area contributed by atoms with Crippen LogP contribution in [0.1, 0.15) is 17.2 Å². The van der Waals surface area contributed by atoms with Gasteiger partial charge in [0.15, 0.2) is 0 Å². The summed E-state index contributed by atoms with van der Waals surface area (Å²) in [5.74, 6) is -1.74. The molecule has 23 heavy (non-hydrogen) atoms. The zero-order valence-electron chi connectivity index (χ0n) is 11.7. The molecule has 1 amide bonds. The number of hydrogen-bond acceptors (Lipinski definition) is 3. The lowest BCUT2D eigenvalue weighted by Crippen LogP contribution is -2.21. The summed E-state index contributed by atoms with van der Waals surface area (Å²) >= 11 is 9.47. The lowest BCUT2D eigenvalue weighted by Gasteiger charge is -2.15. The van der Waals surface area contributed by atoms with Gasteiger partial charge < -0.3 is 10.4 Å². The van der Waals surface area contributed by atoms with Crippen molar-refractivity contribution in [2.75, 3.05) is 0 Å². The van der Waals surface area contributed by atoms with Crippen LogP contribution in [0.4, 0.5) is 0 Å². The fourth-order valence-electron chi connectivity index (χ4n) is 2.47. The van der Waals surface area contributed by atoms with Gasteiger partial charge in [-0.1, -0.05) is 57.9 Å². The minimum Gasteiger partial charge on any atom is -0.507 e. The van der Waals surface area contributed by atoms with Gasteiger partial charge in [-0.05, 0) is 23.8 Å². The van der Waals surface area contributed by atoms with Gasteiger partial charge in [-0.15, -0.1) is 0 Å². The van der Waals surface area contributed by atoms with Crippen molar-refractivity contribution in [3.05, 3.63) is 74.7 Å². The predicted octanol–water partition coefficient (Wildman–Crippen LogP) is 3.81. The average Bonchev–Trinajstić information content (AvgIpc) is 2.83. The monoisotopic (exact) mass is 391 g/mol. The molecule has 1 saturated heterocycles. The summed E-state index contributed by atoms with van der Waals surface area (Å²) in [6.45, 7) is 0. The Kier molecular flexibility index (Phi) is 4.24. The number of aliphatic hydroxyl groups excluding tert-OH is 1. The number of ketones is 1. The fourth-order valence-corrected chi connectivity index (χ4v) is 2.98. The number of halogens is 2. The second kappa shape index (κ2) is 6.18. The van der Waals surface area contributed by atoms with Gasteiger partial charge in [0.1, 0.15) is 5.76 Å². The van der Waals surface area contributed by atoms with Crippen LogP contribution in [0, 0.1) is 0 Å². The Balaban J connectivity index is 2.15. The summed E-state index contributed by atoms with van der Waals surface area (Å²) in [5.41, 5.74) is 1.02. The van der Waals surface area contributed by atoms with Crippen molar-refractivity contribution in [1.82, 2.24) is 5.32 Å². The van der Waals surface area contributed by atoms with E-state index >= 15 is 0 Å². The smallest absolute Gasteiger partial charge is 0.293 e. The van der Waals surface area contributed by atoms with Gasteiger partial charge in [-0.25, -0.2) is 0 Å². The van der Waals surface area contributed by atoms with Crippen molar-refractivity contribution in [2.24, 2.45) is 0 Å². The number of benzene rings is 2. The first-order chi connectivity index (χ1) is 11.0. The summed E-state index contributed by atoms with van der Waals surface area (Å²) in [6.07, 6.45) is 0. The highest BCUT2D eigenvalue weighted by Gasteiger charge is 2.40. The topological polar surface area (TPSA) is 66.4 Å². The summed E-state index contributed by atoms with van der Waals surface area (Å²) in [5, 5.41) is 13.5. The predicted molar refractivity (Wildman–Crippen MR) is 91.0 cm³/mol. The summed E-state index contributed by atoms with van der Waals surface area (Å²) in [7, 11) is 0. The quantitative estimate of drug-likeness (QED) is 0.464. The Labute approximate surface area is 145 Å². The molecule has 6 heteroatoms. The number of rotatable bonds is 2. The lowest BCUT2D eigenvalue weighted by molar-refractivity contribution is -0.133. The highest BCUT2D eigenvalue weighted by atomic mass is 79.9. The van der Waals surface area contributed by atoms with Gasteiger partial charge in [-0.3, -0.25) is 9.59 Å². The molecule has 0 bridgehead atoms. The number of carbonyl (C=O) groups is 2. The molecule has 1 atom stereocenters. The molecule has 3 rings (SSSR count). The van der Waals surface area contributed by atoms with E-state index < -0.39 is 17.7 Å². The van der Waals surface area contributed by atoms with E-state index in [4.69, 9.17) is 11.6 Å². The molecule has 4 nitrogen and oxygen atoms in total. The number of amides is 1. The summed E-state index contributed by atoms with van der Waals surface area (Å²) < 4.78 is 0.841. The number of carbonyl (C=O) groups excluding carboxylic acids is 2. The van der Waals surface area contributed by atoms with E-state index in [9.17, 15) is 14.7 Å². The van der Waals surface area contributed by atoms with E-state index in [2.05, 4.69) is 21.2 Å². The van der Waals surface area contributed by atoms with Crippen molar-refractivity contribution >= 4 is 45.0 Å². The zero-order valence-corrected chi connectivity index (χ0v) is 14.1. The fraction of sp³-hybridized carbons (Fsp3) is 0.0588. The molecule has 0 aromatic heterocycles. The van der Waals surface area contributed by atoms with Crippen molar-refractivity contribution in [3.8, 4) is 0 Å². The van der Waals surface area contributed by atoms with Crippen molar-refractivity contribution in [2.45, 2.75) is 6.04 Å². The van der Waals surface area contributed by atoms with Gasteiger partial charge in [0, 0.05) is 15.1 Å². The van der Waals surface area contributed by atoms with Crippen LogP contribution in [0.25, 0.3) is 5.76 Å². The maximum Gasteiger partial charge on any atom is 0.293 e. The first kappa shape index (κ1) is 15.8. The highest BCUT2D eigenvalue weighted by Crippen LogP contribution is 2.35. The van der Waals surface area contributed by atoms with Crippen LogP contribution >= 0.6 is 27.5 Å². The van der Waals surface area contributed by atoms with Crippen molar-refractivity contribution < 1.29 is 14.7 Å².